The molecule has 0 fully saturated rings. The number of aromatic amines is 1. The summed E-state index contributed by atoms with van der Waals surface area (Å²) in [6.07, 6.45) is 3.17. The van der Waals surface area contributed by atoms with Gasteiger partial charge in [0.05, 0.1) is 18.0 Å². The zero-order valence-electron chi connectivity index (χ0n) is 10.8. The van der Waals surface area contributed by atoms with Gasteiger partial charge in [-0.3, -0.25) is 10.1 Å². The molecule has 0 unspecified atom stereocenters. The lowest BCUT2D eigenvalue weighted by atomic mass is 10.2. The molecule has 0 aliphatic rings. The normalized spacial score (nSPS) is 10.6. The van der Waals surface area contributed by atoms with Crippen molar-refractivity contribution in [3.05, 3.63) is 47.5 Å². The Morgan fingerprint density at radius 3 is 2.81 bits per heavy atom. The first-order valence-corrected chi connectivity index (χ1v) is 6.49. The Hall–Kier alpha value is -2.51. The van der Waals surface area contributed by atoms with Crippen molar-refractivity contribution in [3.8, 4) is 11.4 Å². The Morgan fingerprint density at radius 2 is 2.10 bits per heavy atom. The number of hydrogen-bond donors (Lipinski definition) is 3. The van der Waals surface area contributed by atoms with Gasteiger partial charge in [0, 0.05) is 18.5 Å². The molecule has 3 aromatic rings. The average molecular weight is 303 g/mol. The maximum Gasteiger partial charge on any atom is 0.224 e. The number of anilines is 2. The lowest BCUT2D eigenvalue weighted by molar-refractivity contribution is 0.281. The van der Waals surface area contributed by atoms with E-state index >= 15 is 0 Å². The predicted molar refractivity (Wildman–Crippen MR) is 78.1 cm³/mol. The van der Waals surface area contributed by atoms with E-state index in [2.05, 4.69) is 30.5 Å². The summed E-state index contributed by atoms with van der Waals surface area (Å²) >= 11 is 5.72. The molecule has 0 atom stereocenters. The molecule has 0 saturated carbocycles. The number of hydrogen-bond acceptors (Lipinski definition) is 6. The van der Waals surface area contributed by atoms with Gasteiger partial charge in [-0.15, -0.1) is 0 Å². The van der Waals surface area contributed by atoms with E-state index in [9.17, 15) is 0 Å². The zero-order chi connectivity index (χ0) is 14.7. The van der Waals surface area contributed by atoms with Gasteiger partial charge in [-0.1, -0.05) is 6.07 Å². The van der Waals surface area contributed by atoms with Gasteiger partial charge in [0.2, 0.25) is 5.28 Å². The van der Waals surface area contributed by atoms with Gasteiger partial charge in [-0.2, -0.15) is 5.10 Å². The third kappa shape index (κ3) is 3.15. The first kappa shape index (κ1) is 13.5. The number of halogens is 1. The molecule has 3 rings (SSSR count). The summed E-state index contributed by atoms with van der Waals surface area (Å²) in [6, 6.07) is 7.11. The van der Waals surface area contributed by atoms with Crippen molar-refractivity contribution in [3.63, 3.8) is 0 Å². The Balaban J connectivity index is 1.79. The minimum absolute atomic E-state index is 0.0302. The summed E-state index contributed by atoms with van der Waals surface area (Å²) in [4.78, 5) is 12.1. The largest absolute Gasteiger partial charge is 0.392 e. The van der Waals surface area contributed by atoms with Gasteiger partial charge in [0.25, 0.3) is 0 Å². The second kappa shape index (κ2) is 5.86. The van der Waals surface area contributed by atoms with Crippen LogP contribution in [0.2, 0.25) is 5.28 Å². The standard InChI is InChI=1S/C13H11ClN6O/c14-13-15-4-3-11(18-13)17-12-5-10(19-20-12)9-2-1-8(7-21)6-16-9/h1-6,21H,7H2,(H2,15,17,18,19,20). The van der Waals surface area contributed by atoms with Crippen LogP contribution in [0, 0.1) is 0 Å². The van der Waals surface area contributed by atoms with E-state index in [1.807, 2.05) is 6.07 Å². The number of aliphatic hydroxyl groups excluding tert-OH is 1. The van der Waals surface area contributed by atoms with Crippen LogP contribution in [0.25, 0.3) is 11.4 Å². The molecule has 0 spiro atoms. The maximum atomic E-state index is 9.00. The fourth-order valence-electron chi connectivity index (χ4n) is 1.73. The first-order chi connectivity index (χ1) is 10.2. The van der Waals surface area contributed by atoms with Crippen LogP contribution in [-0.4, -0.2) is 30.3 Å². The van der Waals surface area contributed by atoms with Crippen molar-refractivity contribution in [2.75, 3.05) is 5.32 Å². The Labute approximate surface area is 125 Å². The third-order valence-electron chi connectivity index (χ3n) is 2.74. The fraction of sp³-hybridized carbons (Fsp3) is 0.0769. The minimum atomic E-state index is -0.0302. The van der Waals surface area contributed by atoms with Crippen LogP contribution in [0.1, 0.15) is 5.56 Å². The van der Waals surface area contributed by atoms with E-state index in [1.165, 1.54) is 0 Å². The summed E-state index contributed by atoms with van der Waals surface area (Å²) in [5.41, 5.74) is 2.24. The van der Waals surface area contributed by atoms with Gasteiger partial charge in [0.1, 0.15) is 5.82 Å². The highest BCUT2D eigenvalue weighted by atomic mass is 35.5. The molecule has 0 aliphatic carbocycles. The Bertz CT molecular complexity index is 742. The second-order valence-electron chi connectivity index (χ2n) is 4.21. The van der Waals surface area contributed by atoms with Gasteiger partial charge < -0.3 is 10.4 Å². The molecule has 8 heteroatoms. The minimum Gasteiger partial charge on any atom is -0.392 e. The van der Waals surface area contributed by atoms with Gasteiger partial charge in [-0.05, 0) is 29.3 Å². The number of rotatable bonds is 4. The van der Waals surface area contributed by atoms with Crippen molar-refractivity contribution >= 4 is 23.2 Å². The van der Waals surface area contributed by atoms with E-state index in [-0.39, 0.29) is 11.9 Å². The Morgan fingerprint density at radius 1 is 1.19 bits per heavy atom. The zero-order valence-corrected chi connectivity index (χ0v) is 11.5. The molecule has 0 radical (unpaired) electrons. The van der Waals surface area contributed by atoms with E-state index in [0.717, 1.165) is 17.0 Å². The molecule has 0 bridgehead atoms. The smallest absolute Gasteiger partial charge is 0.224 e. The molecule has 0 aliphatic heterocycles. The molecule has 3 heterocycles. The number of aliphatic hydroxyl groups is 1. The molecular formula is C13H11ClN6O. The molecule has 7 nitrogen and oxygen atoms in total. The fourth-order valence-corrected chi connectivity index (χ4v) is 1.88. The van der Waals surface area contributed by atoms with Gasteiger partial charge in [0.15, 0.2) is 5.82 Å². The number of aromatic nitrogens is 5. The SMILES string of the molecule is OCc1ccc(-c2cc(Nc3ccnc(Cl)n3)n[nH]2)nc1. The van der Waals surface area contributed by atoms with Crippen molar-refractivity contribution < 1.29 is 5.11 Å². The quantitative estimate of drug-likeness (QED) is 0.639. The van der Waals surface area contributed by atoms with E-state index in [4.69, 9.17) is 16.7 Å². The van der Waals surface area contributed by atoms with Crippen molar-refractivity contribution in [1.29, 1.82) is 0 Å². The number of nitrogens with zero attached hydrogens (tertiary/aromatic N) is 4. The molecule has 3 N–H and O–H groups in total. The Kier molecular flexibility index (Phi) is 3.76. The highest BCUT2D eigenvalue weighted by Crippen LogP contribution is 2.20. The van der Waals surface area contributed by atoms with Crippen LogP contribution in [0.3, 0.4) is 0 Å². The molecular weight excluding hydrogens is 292 g/mol. The molecule has 106 valence electrons. The topological polar surface area (TPSA) is 99.6 Å². The van der Waals surface area contributed by atoms with Crippen LogP contribution >= 0.6 is 11.6 Å². The summed E-state index contributed by atoms with van der Waals surface area (Å²) in [5, 5.41) is 19.2. The molecule has 0 amide bonds. The first-order valence-electron chi connectivity index (χ1n) is 6.12. The third-order valence-corrected chi connectivity index (χ3v) is 2.93. The summed E-state index contributed by atoms with van der Waals surface area (Å²) < 4.78 is 0. The highest BCUT2D eigenvalue weighted by Gasteiger charge is 2.06. The number of H-pyrrole nitrogens is 1. The number of nitrogens with one attached hydrogen (secondary N) is 2. The lowest BCUT2D eigenvalue weighted by Crippen LogP contribution is -1.94. The predicted octanol–water partition coefficient (Wildman–Crippen LogP) is 2.15. The van der Waals surface area contributed by atoms with Crippen molar-refractivity contribution in [1.82, 2.24) is 25.1 Å². The van der Waals surface area contributed by atoms with E-state index in [1.54, 1.807) is 30.6 Å². The molecule has 0 saturated heterocycles. The highest BCUT2D eigenvalue weighted by molar-refractivity contribution is 6.28. The summed E-state index contributed by atoms with van der Waals surface area (Å²) in [7, 11) is 0. The molecule has 3 aromatic heterocycles. The van der Waals surface area contributed by atoms with E-state index < -0.39 is 0 Å². The van der Waals surface area contributed by atoms with Crippen LogP contribution in [0.5, 0.6) is 0 Å². The molecule has 0 aromatic carbocycles. The second-order valence-corrected chi connectivity index (χ2v) is 4.55. The average Bonchev–Trinajstić information content (AvgIpc) is 2.96. The van der Waals surface area contributed by atoms with Crippen molar-refractivity contribution in [2.24, 2.45) is 0 Å². The lowest BCUT2D eigenvalue weighted by Gasteiger charge is -2.00. The van der Waals surface area contributed by atoms with Gasteiger partial charge in [-0.25, -0.2) is 9.97 Å². The molecule has 21 heavy (non-hydrogen) atoms. The monoisotopic (exact) mass is 302 g/mol. The maximum absolute atomic E-state index is 9.00. The van der Waals surface area contributed by atoms with Crippen LogP contribution in [-0.2, 0) is 6.61 Å². The van der Waals surface area contributed by atoms with Gasteiger partial charge >= 0.3 is 0 Å². The number of pyridine rings is 1. The summed E-state index contributed by atoms with van der Waals surface area (Å²) in [6.45, 7) is -0.0302. The summed E-state index contributed by atoms with van der Waals surface area (Å²) in [5.74, 6) is 1.14. The van der Waals surface area contributed by atoms with E-state index in [0.29, 0.717) is 11.6 Å². The van der Waals surface area contributed by atoms with Crippen LogP contribution in [0.4, 0.5) is 11.6 Å². The van der Waals surface area contributed by atoms with Crippen LogP contribution < -0.4 is 5.32 Å². The van der Waals surface area contributed by atoms with Crippen molar-refractivity contribution in [2.45, 2.75) is 6.61 Å². The van der Waals surface area contributed by atoms with Crippen LogP contribution in [0.15, 0.2) is 36.7 Å².